The zero-order valence-electron chi connectivity index (χ0n) is 11.5. The minimum absolute atomic E-state index is 0.00511. The van der Waals surface area contributed by atoms with Gasteiger partial charge in [0, 0.05) is 19.7 Å². The van der Waals surface area contributed by atoms with Crippen molar-refractivity contribution < 1.29 is 14.3 Å². The molecule has 0 atom stereocenters. The highest BCUT2D eigenvalue weighted by molar-refractivity contribution is 5.81. The van der Waals surface area contributed by atoms with Gasteiger partial charge in [0.25, 0.3) is 0 Å². The summed E-state index contributed by atoms with van der Waals surface area (Å²) < 4.78 is 10.6. The van der Waals surface area contributed by atoms with Crippen molar-refractivity contribution >= 4 is 11.6 Å². The van der Waals surface area contributed by atoms with Gasteiger partial charge in [-0.25, -0.2) is 0 Å². The van der Waals surface area contributed by atoms with Gasteiger partial charge >= 0.3 is 0 Å². The van der Waals surface area contributed by atoms with Crippen LogP contribution >= 0.6 is 0 Å². The maximum atomic E-state index is 11.5. The average molecular weight is 252 g/mol. The number of rotatable bonds is 5. The minimum Gasteiger partial charge on any atom is -0.496 e. The zero-order chi connectivity index (χ0) is 13.7. The lowest BCUT2D eigenvalue weighted by molar-refractivity contribution is -0.126. The quantitative estimate of drug-likeness (QED) is 0.863. The van der Waals surface area contributed by atoms with Gasteiger partial charge < -0.3 is 19.7 Å². The van der Waals surface area contributed by atoms with E-state index >= 15 is 0 Å². The summed E-state index contributed by atoms with van der Waals surface area (Å²) in [6.07, 6.45) is 0. The molecule has 0 saturated carbocycles. The minimum atomic E-state index is 0.00511. The lowest BCUT2D eigenvalue weighted by Crippen LogP contribution is -2.28. The van der Waals surface area contributed by atoms with Gasteiger partial charge in [-0.1, -0.05) is 0 Å². The van der Waals surface area contributed by atoms with E-state index in [2.05, 4.69) is 5.32 Å². The molecule has 0 aromatic heterocycles. The number of amides is 1. The third-order valence-corrected chi connectivity index (χ3v) is 2.71. The summed E-state index contributed by atoms with van der Waals surface area (Å²) in [5.41, 5.74) is 1.69. The molecule has 0 spiro atoms. The Morgan fingerprint density at radius 1 is 1.28 bits per heavy atom. The summed E-state index contributed by atoms with van der Waals surface area (Å²) in [6.45, 7) is 2.14. The molecule has 1 aromatic rings. The molecule has 18 heavy (non-hydrogen) atoms. The van der Waals surface area contributed by atoms with Crippen LogP contribution in [-0.4, -0.2) is 45.7 Å². The van der Waals surface area contributed by atoms with Gasteiger partial charge in [0.1, 0.15) is 11.5 Å². The van der Waals surface area contributed by atoms with Crippen LogP contribution in [0.5, 0.6) is 11.5 Å². The third-order valence-electron chi connectivity index (χ3n) is 2.71. The fourth-order valence-electron chi connectivity index (χ4n) is 1.63. The molecule has 0 aliphatic carbocycles. The summed E-state index contributed by atoms with van der Waals surface area (Å²) >= 11 is 0. The number of carbonyl (C=O) groups excluding carboxylic acids is 1. The molecule has 0 radical (unpaired) electrons. The number of nitrogens with one attached hydrogen (secondary N) is 1. The van der Waals surface area contributed by atoms with E-state index in [0.29, 0.717) is 5.75 Å². The second-order valence-electron chi connectivity index (χ2n) is 4.12. The van der Waals surface area contributed by atoms with E-state index in [0.717, 1.165) is 17.0 Å². The van der Waals surface area contributed by atoms with Crippen LogP contribution in [0.3, 0.4) is 0 Å². The number of benzene rings is 1. The number of carbonyl (C=O) groups is 1. The Morgan fingerprint density at radius 2 is 1.94 bits per heavy atom. The van der Waals surface area contributed by atoms with Crippen molar-refractivity contribution in [2.45, 2.75) is 6.92 Å². The Bertz CT molecular complexity index is 430. The van der Waals surface area contributed by atoms with E-state index in [9.17, 15) is 4.79 Å². The summed E-state index contributed by atoms with van der Waals surface area (Å²) in [5.74, 6) is 1.46. The molecule has 1 amide bonds. The van der Waals surface area contributed by atoms with Crippen molar-refractivity contribution in [3.63, 3.8) is 0 Å². The van der Waals surface area contributed by atoms with Crippen molar-refractivity contribution in [3.8, 4) is 11.5 Å². The van der Waals surface area contributed by atoms with Gasteiger partial charge in [-0.05, 0) is 19.1 Å². The van der Waals surface area contributed by atoms with Crippen molar-refractivity contribution in [3.05, 3.63) is 17.7 Å². The largest absolute Gasteiger partial charge is 0.496 e. The SMILES string of the molecule is COc1ccc(NCC(=O)N(C)C)c(OC)c1C. The molecule has 0 bridgehead atoms. The van der Waals surface area contributed by atoms with Crippen molar-refractivity contribution in [2.75, 3.05) is 40.2 Å². The number of nitrogens with zero attached hydrogens (tertiary/aromatic N) is 1. The lowest BCUT2D eigenvalue weighted by Gasteiger charge is -2.16. The molecule has 0 unspecified atom stereocenters. The fraction of sp³-hybridized carbons (Fsp3) is 0.462. The number of methoxy groups -OCH3 is 2. The van der Waals surface area contributed by atoms with Gasteiger partial charge in [0.05, 0.1) is 26.5 Å². The van der Waals surface area contributed by atoms with Crippen molar-refractivity contribution in [1.29, 1.82) is 0 Å². The molecule has 1 aromatic carbocycles. The highest BCUT2D eigenvalue weighted by Gasteiger charge is 2.12. The van der Waals surface area contributed by atoms with Gasteiger partial charge in [0.2, 0.25) is 5.91 Å². The van der Waals surface area contributed by atoms with Gasteiger partial charge in [0.15, 0.2) is 0 Å². The smallest absolute Gasteiger partial charge is 0.241 e. The number of hydrogen-bond acceptors (Lipinski definition) is 4. The Balaban J connectivity index is 2.89. The number of likely N-dealkylation sites (N-methyl/N-ethyl adjacent to an activating group) is 1. The molecule has 1 N–H and O–H groups in total. The van der Waals surface area contributed by atoms with Gasteiger partial charge in [-0.3, -0.25) is 4.79 Å². The highest BCUT2D eigenvalue weighted by Crippen LogP contribution is 2.34. The predicted octanol–water partition coefficient (Wildman–Crippen LogP) is 1.51. The molecule has 0 saturated heterocycles. The van der Waals surface area contributed by atoms with E-state index in [1.807, 2.05) is 19.1 Å². The average Bonchev–Trinajstić information content (AvgIpc) is 2.35. The van der Waals surface area contributed by atoms with Crippen LogP contribution in [0.1, 0.15) is 5.56 Å². The first-order valence-electron chi connectivity index (χ1n) is 5.66. The summed E-state index contributed by atoms with van der Waals surface area (Å²) in [5, 5.41) is 3.07. The van der Waals surface area contributed by atoms with Crippen LogP contribution in [0.15, 0.2) is 12.1 Å². The predicted molar refractivity (Wildman–Crippen MR) is 71.5 cm³/mol. The first kappa shape index (κ1) is 14.2. The monoisotopic (exact) mass is 252 g/mol. The van der Waals surface area contributed by atoms with E-state index in [1.165, 1.54) is 4.90 Å². The van der Waals surface area contributed by atoms with Crippen LogP contribution in [0.4, 0.5) is 5.69 Å². The normalized spacial score (nSPS) is 9.83. The Labute approximate surface area is 108 Å². The lowest BCUT2D eigenvalue weighted by atomic mass is 10.1. The summed E-state index contributed by atoms with van der Waals surface area (Å²) in [7, 11) is 6.66. The molecule has 0 heterocycles. The van der Waals surface area contributed by atoms with E-state index in [4.69, 9.17) is 9.47 Å². The molecule has 0 aliphatic rings. The standard InChI is InChI=1S/C13H20N2O3/c1-9-11(17-4)7-6-10(13(9)18-5)14-8-12(16)15(2)3/h6-7,14H,8H2,1-5H3. The molecule has 5 nitrogen and oxygen atoms in total. The zero-order valence-corrected chi connectivity index (χ0v) is 11.5. The van der Waals surface area contributed by atoms with Crippen molar-refractivity contribution in [1.82, 2.24) is 4.90 Å². The maximum Gasteiger partial charge on any atom is 0.241 e. The molecule has 0 aliphatic heterocycles. The van der Waals surface area contributed by atoms with Crippen molar-refractivity contribution in [2.24, 2.45) is 0 Å². The van der Waals surface area contributed by atoms with Crippen LogP contribution < -0.4 is 14.8 Å². The Hall–Kier alpha value is -1.91. The molecule has 1 rings (SSSR count). The van der Waals surface area contributed by atoms with Gasteiger partial charge in [-0.2, -0.15) is 0 Å². The molecular formula is C13H20N2O3. The maximum absolute atomic E-state index is 11.5. The number of anilines is 1. The number of hydrogen-bond donors (Lipinski definition) is 1. The molecule has 100 valence electrons. The second-order valence-corrected chi connectivity index (χ2v) is 4.12. The van der Waals surface area contributed by atoms with E-state index < -0.39 is 0 Å². The first-order valence-corrected chi connectivity index (χ1v) is 5.66. The van der Waals surface area contributed by atoms with Crippen LogP contribution in [0.2, 0.25) is 0 Å². The fourth-order valence-corrected chi connectivity index (χ4v) is 1.63. The van der Waals surface area contributed by atoms with Crippen LogP contribution in [0.25, 0.3) is 0 Å². The molecular weight excluding hydrogens is 232 g/mol. The first-order chi connectivity index (χ1) is 8.51. The van der Waals surface area contributed by atoms with Gasteiger partial charge in [-0.15, -0.1) is 0 Å². The Kier molecular flexibility index (Phi) is 4.83. The molecule has 5 heteroatoms. The van der Waals surface area contributed by atoms with Crippen LogP contribution in [0, 0.1) is 6.92 Å². The summed E-state index contributed by atoms with van der Waals surface area (Å²) in [4.78, 5) is 13.1. The van der Waals surface area contributed by atoms with E-state index in [-0.39, 0.29) is 12.5 Å². The second kappa shape index (κ2) is 6.14. The van der Waals surface area contributed by atoms with E-state index in [1.54, 1.807) is 28.3 Å². The summed E-state index contributed by atoms with van der Waals surface area (Å²) in [6, 6.07) is 3.69. The number of ether oxygens (including phenoxy) is 2. The Morgan fingerprint density at radius 3 is 2.44 bits per heavy atom. The highest BCUT2D eigenvalue weighted by atomic mass is 16.5. The topological polar surface area (TPSA) is 50.8 Å². The third kappa shape index (κ3) is 3.06. The van der Waals surface area contributed by atoms with Crippen LogP contribution in [-0.2, 0) is 4.79 Å². The molecule has 0 fully saturated rings.